The van der Waals surface area contributed by atoms with Crippen molar-refractivity contribution in [2.75, 3.05) is 26.2 Å². The number of aliphatic imine (C=N–C) groups is 1. The molecule has 0 radical (unpaired) electrons. The second kappa shape index (κ2) is 12.9. The second-order valence-corrected chi connectivity index (χ2v) is 8.42. The Kier molecular flexibility index (Phi) is 10.5. The Labute approximate surface area is 210 Å². The van der Waals surface area contributed by atoms with Gasteiger partial charge in [0.05, 0.1) is 11.3 Å². The zero-order valence-electron chi connectivity index (χ0n) is 20.7. The molecule has 1 aliphatic rings. The number of carbonyl (C=O) groups excluding carboxylic acids is 1. The van der Waals surface area contributed by atoms with E-state index in [4.69, 9.17) is 0 Å². The third-order valence-electron chi connectivity index (χ3n) is 5.59. The van der Waals surface area contributed by atoms with E-state index in [2.05, 4.69) is 15.4 Å². The van der Waals surface area contributed by atoms with Gasteiger partial charge in [-0.3, -0.25) is 9.59 Å². The summed E-state index contributed by atoms with van der Waals surface area (Å²) in [7, 11) is 0. The lowest BCUT2D eigenvalue weighted by atomic mass is 10.2. The molecular weight excluding hydrogens is 506 g/mol. The van der Waals surface area contributed by atoms with Crippen LogP contribution in [-0.2, 0) is 17.5 Å². The van der Waals surface area contributed by atoms with E-state index in [0.29, 0.717) is 44.5 Å². The number of piperazine rings is 1. The number of amides is 1. The van der Waals surface area contributed by atoms with Crippen LogP contribution in [0.15, 0.2) is 39.4 Å². The summed E-state index contributed by atoms with van der Waals surface area (Å²) in [4.78, 5) is 31.5. The summed E-state index contributed by atoms with van der Waals surface area (Å²) in [6, 6.07) is 0.271. The Morgan fingerprint density at radius 1 is 1.19 bits per heavy atom. The number of hydrogen-bond donors (Lipinski definition) is 2. The predicted molar refractivity (Wildman–Crippen MR) is 126 cm³/mol. The first kappa shape index (κ1) is 30.1. The zero-order chi connectivity index (χ0) is 27.8. The fraction of sp³-hybridized carbons (Fsp3) is 0.565. The molecule has 1 saturated heterocycles. The second-order valence-electron chi connectivity index (χ2n) is 8.42. The molecule has 2 rings (SSSR count). The van der Waals surface area contributed by atoms with Crippen LogP contribution in [0.4, 0.5) is 26.3 Å². The van der Waals surface area contributed by atoms with Crippen molar-refractivity contribution in [1.29, 1.82) is 0 Å². The summed E-state index contributed by atoms with van der Waals surface area (Å²) >= 11 is 0. The number of alkyl halides is 6. The molecule has 1 aromatic heterocycles. The molecule has 1 amide bonds. The van der Waals surface area contributed by atoms with Crippen LogP contribution in [0.25, 0.3) is 0 Å². The van der Waals surface area contributed by atoms with E-state index in [1.165, 1.54) is 6.92 Å². The first-order valence-electron chi connectivity index (χ1n) is 11.7. The number of carbonyl (C=O) groups is 1. The van der Waals surface area contributed by atoms with Gasteiger partial charge < -0.3 is 15.1 Å². The number of allylic oxidation sites excluding steroid dienone is 3. The average Bonchev–Trinajstić information content (AvgIpc) is 2.81. The van der Waals surface area contributed by atoms with Crippen LogP contribution in [0, 0.1) is 0 Å². The molecule has 0 saturated carbocycles. The molecule has 0 spiro atoms. The first-order valence-corrected chi connectivity index (χ1v) is 11.7. The van der Waals surface area contributed by atoms with E-state index in [9.17, 15) is 35.9 Å². The van der Waals surface area contributed by atoms with Gasteiger partial charge in [-0.15, -0.1) is 0 Å². The number of hydrogen-bond acceptors (Lipinski definition) is 6. The van der Waals surface area contributed by atoms with Gasteiger partial charge in [-0.25, -0.2) is 10.1 Å². The van der Waals surface area contributed by atoms with Crippen LogP contribution in [0.3, 0.4) is 0 Å². The fourth-order valence-corrected chi connectivity index (χ4v) is 3.57. The van der Waals surface area contributed by atoms with Crippen molar-refractivity contribution in [2.24, 2.45) is 4.99 Å². The summed E-state index contributed by atoms with van der Waals surface area (Å²) in [5.41, 5.74) is -3.55. The standard InChI is InChI=1S/C23H30F6N6O2/c1-4-6-19(31-13-16(5-2)22(24,25)26)34-7-9-35(10-8-34)20(36)11-15(3)30-14-17-12-18(23(27,28)29)21(37)33-32-17/h5-6,12-13,15,30H,4,7-11,14H2,1-3H3,(H,33,37)/b16-5+,19-6-,31-13-. The lowest BCUT2D eigenvalue weighted by Crippen LogP contribution is -2.49. The normalized spacial score (nSPS) is 17.0. The number of nitrogens with one attached hydrogen (secondary N) is 2. The molecule has 0 aromatic carbocycles. The van der Waals surface area contributed by atoms with Crippen molar-refractivity contribution >= 4 is 12.1 Å². The smallest absolute Gasteiger partial charge is 0.353 e. The molecule has 0 aliphatic carbocycles. The minimum Gasteiger partial charge on any atom is -0.353 e. The van der Waals surface area contributed by atoms with Crippen LogP contribution in [-0.4, -0.2) is 70.5 Å². The Morgan fingerprint density at radius 2 is 1.81 bits per heavy atom. The maximum absolute atomic E-state index is 13.0. The fourth-order valence-electron chi connectivity index (χ4n) is 3.57. The van der Waals surface area contributed by atoms with Gasteiger partial charge in [-0.05, 0) is 32.4 Å². The van der Waals surface area contributed by atoms with Gasteiger partial charge in [-0.2, -0.15) is 31.4 Å². The molecule has 37 heavy (non-hydrogen) atoms. The molecule has 1 atom stereocenters. The highest BCUT2D eigenvalue weighted by atomic mass is 19.4. The van der Waals surface area contributed by atoms with Crippen LogP contribution < -0.4 is 10.9 Å². The molecule has 1 aromatic rings. The highest BCUT2D eigenvalue weighted by Crippen LogP contribution is 2.26. The summed E-state index contributed by atoms with van der Waals surface area (Å²) in [5.74, 6) is 0.225. The van der Waals surface area contributed by atoms with Crippen LogP contribution in [0.5, 0.6) is 0 Å². The molecular formula is C23H30F6N6O2. The van der Waals surface area contributed by atoms with Gasteiger partial charge in [-0.1, -0.05) is 13.0 Å². The Bertz CT molecular complexity index is 1070. The van der Waals surface area contributed by atoms with Crippen molar-refractivity contribution in [3.8, 4) is 0 Å². The van der Waals surface area contributed by atoms with E-state index in [0.717, 1.165) is 12.3 Å². The summed E-state index contributed by atoms with van der Waals surface area (Å²) in [6.45, 7) is 6.19. The van der Waals surface area contributed by atoms with Crippen molar-refractivity contribution in [1.82, 2.24) is 25.3 Å². The van der Waals surface area contributed by atoms with E-state index >= 15 is 0 Å². The molecule has 206 valence electrons. The molecule has 2 heterocycles. The molecule has 1 aliphatic heterocycles. The van der Waals surface area contributed by atoms with Gasteiger partial charge in [0.25, 0.3) is 5.56 Å². The maximum atomic E-state index is 13.0. The van der Waals surface area contributed by atoms with Crippen molar-refractivity contribution in [3.05, 3.63) is 51.2 Å². The third kappa shape index (κ3) is 9.02. The number of nitrogens with zero attached hydrogens (tertiary/aromatic N) is 4. The SMILES string of the molecule is C\C=C(/C=N\C(=C\CC)N1CCN(C(=O)CC(C)NCc2cc(C(F)(F)F)c(=O)[nH]n2)CC1)C(F)(F)F. The first-order chi connectivity index (χ1) is 17.3. The minimum absolute atomic E-state index is 0.0257. The highest BCUT2D eigenvalue weighted by Gasteiger charge is 2.34. The molecule has 0 bridgehead atoms. The van der Waals surface area contributed by atoms with E-state index < -0.39 is 35.1 Å². The van der Waals surface area contributed by atoms with E-state index in [1.807, 2.05) is 16.9 Å². The number of H-pyrrole nitrogens is 1. The minimum atomic E-state index is -4.81. The summed E-state index contributed by atoms with van der Waals surface area (Å²) in [5, 5.41) is 8.34. The van der Waals surface area contributed by atoms with Crippen LogP contribution in [0.1, 0.15) is 44.9 Å². The van der Waals surface area contributed by atoms with Gasteiger partial charge in [0.1, 0.15) is 11.4 Å². The lowest BCUT2D eigenvalue weighted by molar-refractivity contribution is -0.139. The molecule has 1 fully saturated rings. The largest absolute Gasteiger partial charge is 0.421 e. The number of rotatable bonds is 9. The Hall–Kier alpha value is -3.16. The monoisotopic (exact) mass is 536 g/mol. The average molecular weight is 537 g/mol. The topological polar surface area (TPSA) is 93.7 Å². The molecule has 14 heteroatoms. The van der Waals surface area contributed by atoms with Crippen molar-refractivity contribution < 1.29 is 31.1 Å². The highest BCUT2D eigenvalue weighted by molar-refractivity contribution is 5.81. The number of halogens is 6. The number of aromatic amines is 1. The van der Waals surface area contributed by atoms with Gasteiger partial charge in [0.15, 0.2) is 0 Å². The van der Waals surface area contributed by atoms with Gasteiger partial charge in [0, 0.05) is 51.4 Å². The molecule has 2 N–H and O–H groups in total. The maximum Gasteiger partial charge on any atom is 0.421 e. The van der Waals surface area contributed by atoms with E-state index in [-0.39, 0.29) is 24.6 Å². The predicted octanol–water partition coefficient (Wildman–Crippen LogP) is 3.63. The van der Waals surface area contributed by atoms with E-state index in [1.54, 1.807) is 17.9 Å². The van der Waals surface area contributed by atoms with Crippen molar-refractivity contribution in [2.45, 2.75) is 58.6 Å². The Balaban J connectivity index is 1.90. The summed E-state index contributed by atoms with van der Waals surface area (Å²) < 4.78 is 77.6. The Morgan fingerprint density at radius 3 is 2.35 bits per heavy atom. The van der Waals surface area contributed by atoms with Gasteiger partial charge >= 0.3 is 12.4 Å². The zero-order valence-corrected chi connectivity index (χ0v) is 20.7. The molecule has 1 unspecified atom stereocenters. The molecule has 8 nitrogen and oxygen atoms in total. The van der Waals surface area contributed by atoms with Crippen LogP contribution >= 0.6 is 0 Å². The lowest BCUT2D eigenvalue weighted by Gasteiger charge is -2.36. The third-order valence-corrected chi connectivity index (χ3v) is 5.59. The van der Waals surface area contributed by atoms with Gasteiger partial charge in [0.2, 0.25) is 5.91 Å². The van der Waals surface area contributed by atoms with Crippen molar-refractivity contribution in [3.63, 3.8) is 0 Å². The quantitative estimate of drug-likeness (QED) is 0.372. The number of aromatic nitrogens is 2. The van der Waals surface area contributed by atoms with Crippen LogP contribution in [0.2, 0.25) is 0 Å². The summed E-state index contributed by atoms with van der Waals surface area (Å²) in [6.07, 6.45) is -5.21.